The molecule has 0 bridgehead atoms. The van der Waals surface area contributed by atoms with E-state index in [2.05, 4.69) is 43.3 Å². The minimum absolute atomic E-state index is 0.140. The third-order valence-corrected chi connectivity index (χ3v) is 5.00. The van der Waals surface area contributed by atoms with E-state index < -0.39 is 0 Å². The molecule has 1 saturated heterocycles. The Hall–Kier alpha value is -1.03. The van der Waals surface area contributed by atoms with Gasteiger partial charge in [0.05, 0.1) is 0 Å². The number of hydrogen-bond acceptors (Lipinski definition) is 2. The van der Waals surface area contributed by atoms with Crippen LogP contribution in [0.3, 0.4) is 0 Å². The van der Waals surface area contributed by atoms with Gasteiger partial charge in [0.15, 0.2) is 0 Å². The van der Waals surface area contributed by atoms with Crippen molar-refractivity contribution >= 4 is 6.03 Å². The molecule has 1 heterocycles. The number of hydrogen-bond donors (Lipinski definition) is 1. The molecule has 1 aliphatic carbocycles. The summed E-state index contributed by atoms with van der Waals surface area (Å²) in [6, 6.07) is 0.739. The molecule has 0 unspecified atom stereocenters. The van der Waals surface area contributed by atoms with E-state index in [1.807, 2.05) is 4.90 Å². The van der Waals surface area contributed by atoms with Gasteiger partial charge in [0.2, 0.25) is 0 Å². The third-order valence-electron chi connectivity index (χ3n) is 5.00. The SMILES string of the molecule is CC(C)N(C)CCCCNC(=O)N1C[C@@H]2CC=CC[C@H]2C1. The number of nitrogens with one attached hydrogen (secondary N) is 1. The van der Waals surface area contributed by atoms with Crippen LogP contribution in [-0.4, -0.2) is 55.1 Å². The predicted octanol–water partition coefficient (Wildman–Crippen LogP) is 2.71. The Morgan fingerprint density at radius 1 is 1.24 bits per heavy atom. The average molecular weight is 293 g/mol. The van der Waals surface area contributed by atoms with Crippen LogP contribution in [0.1, 0.15) is 39.5 Å². The zero-order chi connectivity index (χ0) is 15.2. The first-order valence-corrected chi connectivity index (χ1v) is 8.46. The Balaban J connectivity index is 1.58. The van der Waals surface area contributed by atoms with Gasteiger partial charge < -0.3 is 15.1 Å². The lowest BCUT2D eigenvalue weighted by Gasteiger charge is -2.21. The van der Waals surface area contributed by atoms with Gasteiger partial charge >= 0.3 is 6.03 Å². The lowest BCUT2D eigenvalue weighted by molar-refractivity contribution is 0.205. The fraction of sp³-hybridized carbons (Fsp3) is 0.824. The number of unbranched alkanes of at least 4 members (excludes halogenated alkanes) is 1. The van der Waals surface area contributed by atoms with Gasteiger partial charge in [-0.1, -0.05) is 12.2 Å². The fourth-order valence-corrected chi connectivity index (χ4v) is 3.23. The Morgan fingerprint density at radius 2 is 1.86 bits per heavy atom. The maximum absolute atomic E-state index is 12.2. The molecule has 2 atom stereocenters. The number of allylic oxidation sites excluding steroid dienone is 2. The number of carbonyl (C=O) groups is 1. The Kier molecular flexibility index (Phi) is 6.09. The van der Waals surface area contributed by atoms with Crippen molar-refractivity contribution in [3.05, 3.63) is 12.2 Å². The van der Waals surface area contributed by atoms with Crippen LogP contribution >= 0.6 is 0 Å². The second kappa shape index (κ2) is 7.83. The molecule has 120 valence electrons. The zero-order valence-corrected chi connectivity index (χ0v) is 13.8. The highest BCUT2D eigenvalue weighted by atomic mass is 16.2. The summed E-state index contributed by atoms with van der Waals surface area (Å²) >= 11 is 0. The fourth-order valence-electron chi connectivity index (χ4n) is 3.23. The van der Waals surface area contributed by atoms with Crippen molar-refractivity contribution in [3.8, 4) is 0 Å². The number of urea groups is 1. The van der Waals surface area contributed by atoms with Gasteiger partial charge in [-0.2, -0.15) is 0 Å². The largest absolute Gasteiger partial charge is 0.338 e. The third kappa shape index (κ3) is 4.73. The quantitative estimate of drug-likeness (QED) is 0.604. The van der Waals surface area contributed by atoms with Gasteiger partial charge in [-0.3, -0.25) is 0 Å². The molecule has 2 amide bonds. The highest BCUT2D eigenvalue weighted by Gasteiger charge is 2.34. The molecule has 0 radical (unpaired) electrons. The summed E-state index contributed by atoms with van der Waals surface area (Å²) in [5, 5.41) is 3.09. The lowest BCUT2D eigenvalue weighted by Crippen LogP contribution is -2.39. The van der Waals surface area contributed by atoms with Crippen LogP contribution in [0, 0.1) is 11.8 Å². The average Bonchev–Trinajstić information content (AvgIpc) is 2.90. The van der Waals surface area contributed by atoms with Crippen LogP contribution in [0.4, 0.5) is 4.79 Å². The van der Waals surface area contributed by atoms with Crippen LogP contribution in [0.2, 0.25) is 0 Å². The van der Waals surface area contributed by atoms with Gasteiger partial charge in [0.1, 0.15) is 0 Å². The van der Waals surface area contributed by atoms with Crippen molar-refractivity contribution in [3.63, 3.8) is 0 Å². The van der Waals surface area contributed by atoms with E-state index in [-0.39, 0.29) is 6.03 Å². The van der Waals surface area contributed by atoms with Gasteiger partial charge in [-0.25, -0.2) is 4.79 Å². The van der Waals surface area contributed by atoms with E-state index in [0.717, 1.165) is 51.9 Å². The van der Waals surface area contributed by atoms with E-state index in [9.17, 15) is 4.79 Å². The second-order valence-electron chi connectivity index (χ2n) is 6.88. The number of carbonyl (C=O) groups excluding carboxylic acids is 1. The highest BCUT2D eigenvalue weighted by molar-refractivity contribution is 5.74. The number of nitrogens with zero attached hydrogens (tertiary/aromatic N) is 2. The van der Waals surface area contributed by atoms with E-state index in [1.165, 1.54) is 0 Å². The van der Waals surface area contributed by atoms with E-state index in [1.54, 1.807) is 0 Å². The van der Waals surface area contributed by atoms with E-state index >= 15 is 0 Å². The Bertz CT molecular complexity index is 351. The molecule has 2 aliphatic rings. The van der Waals surface area contributed by atoms with Crippen LogP contribution in [-0.2, 0) is 0 Å². The van der Waals surface area contributed by atoms with Gasteiger partial charge in [0, 0.05) is 25.7 Å². The summed E-state index contributed by atoms with van der Waals surface area (Å²) in [6.07, 6.45) is 9.04. The topological polar surface area (TPSA) is 35.6 Å². The second-order valence-corrected chi connectivity index (χ2v) is 6.88. The summed E-state index contributed by atoms with van der Waals surface area (Å²) in [4.78, 5) is 16.5. The molecule has 21 heavy (non-hydrogen) atoms. The molecule has 1 fully saturated rings. The van der Waals surface area contributed by atoms with Gasteiger partial charge in [-0.05, 0) is 65.0 Å². The standard InChI is InChI=1S/C17H31N3O/c1-14(2)19(3)11-7-6-10-18-17(21)20-12-15-8-4-5-9-16(15)13-20/h4-5,14-16H,6-13H2,1-3H3,(H,18,21)/t15-,16-/m0/s1. The molecule has 0 saturated carbocycles. The molecule has 0 aromatic rings. The number of amides is 2. The van der Waals surface area contributed by atoms with Crippen molar-refractivity contribution in [1.82, 2.24) is 15.1 Å². The van der Waals surface area contributed by atoms with E-state index in [4.69, 9.17) is 0 Å². The number of likely N-dealkylation sites (tertiary alicyclic amines) is 1. The van der Waals surface area contributed by atoms with Crippen LogP contribution in [0.25, 0.3) is 0 Å². The number of fused-ring (bicyclic) bond motifs is 1. The molecular formula is C17H31N3O. The zero-order valence-electron chi connectivity index (χ0n) is 13.8. The molecule has 0 aromatic heterocycles. The van der Waals surface area contributed by atoms with Crippen molar-refractivity contribution < 1.29 is 4.79 Å². The first kappa shape index (κ1) is 16.3. The molecule has 4 heteroatoms. The maximum Gasteiger partial charge on any atom is 0.317 e. The number of rotatable bonds is 6. The smallest absolute Gasteiger partial charge is 0.317 e. The molecular weight excluding hydrogens is 262 g/mol. The van der Waals surface area contributed by atoms with Crippen molar-refractivity contribution in [1.29, 1.82) is 0 Å². The van der Waals surface area contributed by atoms with Crippen LogP contribution in [0.15, 0.2) is 12.2 Å². The highest BCUT2D eigenvalue weighted by Crippen LogP contribution is 2.32. The molecule has 0 spiro atoms. The molecule has 0 aromatic carbocycles. The van der Waals surface area contributed by atoms with E-state index in [0.29, 0.717) is 17.9 Å². The molecule has 1 N–H and O–H groups in total. The van der Waals surface area contributed by atoms with Crippen molar-refractivity contribution in [2.24, 2.45) is 11.8 Å². The molecule has 4 nitrogen and oxygen atoms in total. The Labute approximate surface area is 129 Å². The van der Waals surface area contributed by atoms with Gasteiger partial charge in [-0.15, -0.1) is 0 Å². The summed E-state index contributed by atoms with van der Waals surface area (Å²) in [7, 11) is 2.16. The minimum Gasteiger partial charge on any atom is -0.338 e. The normalized spacial score (nSPS) is 24.7. The predicted molar refractivity (Wildman–Crippen MR) is 87.3 cm³/mol. The van der Waals surface area contributed by atoms with Crippen molar-refractivity contribution in [2.45, 2.75) is 45.6 Å². The summed E-state index contributed by atoms with van der Waals surface area (Å²) in [5.41, 5.74) is 0. The van der Waals surface area contributed by atoms with Gasteiger partial charge in [0.25, 0.3) is 0 Å². The first-order chi connectivity index (χ1) is 10.1. The molecule has 2 rings (SSSR count). The first-order valence-electron chi connectivity index (χ1n) is 8.46. The minimum atomic E-state index is 0.140. The summed E-state index contributed by atoms with van der Waals surface area (Å²) in [6.45, 7) is 8.21. The Morgan fingerprint density at radius 3 is 2.43 bits per heavy atom. The monoisotopic (exact) mass is 293 g/mol. The summed E-state index contributed by atoms with van der Waals surface area (Å²) in [5.74, 6) is 1.39. The maximum atomic E-state index is 12.2. The summed E-state index contributed by atoms with van der Waals surface area (Å²) < 4.78 is 0. The van der Waals surface area contributed by atoms with Crippen molar-refractivity contribution in [2.75, 3.05) is 33.2 Å². The molecule has 1 aliphatic heterocycles. The lowest BCUT2D eigenvalue weighted by atomic mass is 9.86. The van der Waals surface area contributed by atoms with Crippen LogP contribution in [0.5, 0.6) is 0 Å². The van der Waals surface area contributed by atoms with Crippen LogP contribution < -0.4 is 5.32 Å².